The molecule has 0 saturated carbocycles. The number of benzene rings is 2. The number of likely N-dealkylation sites (tertiary alicyclic amines) is 3. The van der Waals surface area contributed by atoms with E-state index in [0.29, 0.717) is 32.2 Å². The first-order chi connectivity index (χ1) is 24.8. The number of hydrogen-bond acceptors (Lipinski definition) is 6. The van der Waals surface area contributed by atoms with Gasteiger partial charge >= 0.3 is 12.1 Å². The fraction of sp³-hybridized carbons (Fsp3) is 0.595. The van der Waals surface area contributed by atoms with Crippen LogP contribution in [0, 0.1) is 11.3 Å². The number of amides is 3. The minimum atomic E-state index is -0.794. The maximum absolute atomic E-state index is 15.1. The molecule has 3 aliphatic rings. The molecule has 10 nitrogen and oxygen atoms in total. The van der Waals surface area contributed by atoms with Crippen LogP contribution in [0.3, 0.4) is 0 Å². The summed E-state index contributed by atoms with van der Waals surface area (Å²) >= 11 is 0. The number of ether oxygens (including phenoxy) is 1. The van der Waals surface area contributed by atoms with Gasteiger partial charge in [0.25, 0.3) is 0 Å². The summed E-state index contributed by atoms with van der Waals surface area (Å²) in [5, 5.41) is 11.5. The molecule has 3 aliphatic heterocycles. The second-order valence-electron chi connectivity index (χ2n) is 17.2. The quantitative estimate of drug-likeness (QED) is 0.264. The molecule has 2 aromatic carbocycles. The number of aliphatic hydroxyl groups excluding tert-OH is 1. The predicted octanol–water partition coefficient (Wildman–Crippen LogP) is 7.29. The number of imidazole rings is 1. The Balaban J connectivity index is 1.36. The Hall–Kier alpha value is -3.89. The summed E-state index contributed by atoms with van der Waals surface area (Å²) in [6.07, 6.45) is 6.61. The second kappa shape index (κ2) is 16.0. The Labute approximate surface area is 310 Å². The van der Waals surface area contributed by atoms with Crippen LogP contribution in [0.25, 0.3) is 11.3 Å². The van der Waals surface area contributed by atoms with Crippen LogP contribution in [0.5, 0.6) is 0 Å². The van der Waals surface area contributed by atoms with Crippen molar-refractivity contribution in [2.75, 3.05) is 45.8 Å². The zero-order valence-electron chi connectivity index (χ0n) is 32.2. The van der Waals surface area contributed by atoms with Gasteiger partial charge in [-0.2, -0.15) is 0 Å². The molecular weight excluding hydrogens is 653 g/mol. The van der Waals surface area contributed by atoms with Crippen molar-refractivity contribution in [1.82, 2.24) is 29.2 Å². The number of rotatable bonds is 8. The van der Waals surface area contributed by atoms with E-state index >= 15 is 4.79 Å². The first kappa shape index (κ1) is 37.9. The molecule has 4 heterocycles. The number of carbonyl (C=O) groups excluding carboxylic acids is 2. The van der Waals surface area contributed by atoms with E-state index in [2.05, 4.69) is 60.7 Å². The van der Waals surface area contributed by atoms with Gasteiger partial charge < -0.3 is 34.0 Å². The van der Waals surface area contributed by atoms with Crippen molar-refractivity contribution in [2.24, 2.45) is 11.3 Å². The molecule has 10 heteroatoms. The lowest BCUT2D eigenvalue weighted by Gasteiger charge is -2.45. The third-order valence-electron chi connectivity index (χ3n) is 10.8. The van der Waals surface area contributed by atoms with Crippen LogP contribution in [0.2, 0.25) is 0 Å². The molecule has 3 aromatic rings. The standard InChI is InChI=1S/C42H60N6O4/c1-41(2,3)37(38-43-35(32-18-12-8-13-19-32)29-46(38)26-31-16-10-7-11-17-31)48(28-33-27-47(30-36(33)49)40(51)52-42(4,5)6)39(50)45-24-20-34(21-25-45)44-22-14-9-15-23-44/h7-8,10-13,16-19,29,33-34,36-37,49H,9,14-15,20-28,30H2,1-6H3/t33?,36-,37-/m0/s1. The molecule has 3 atom stereocenters. The van der Waals surface area contributed by atoms with Crippen molar-refractivity contribution in [3.63, 3.8) is 0 Å². The maximum Gasteiger partial charge on any atom is 0.410 e. The molecule has 3 fully saturated rings. The number of urea groups is 1. The first-order valence-electron chi connectivity index (χ1n) is 19.4. The van der Waals surface area contributed by atoms with Crippen molar-refractivity contribution in [2.45, 2.75) is 104 Å². The van der Waals surface area contributed by atoms with Gasteiger partial charge in [0.15, 0.2) is 0 Å². The molecule has 0 aliphatic carbocycles. The summed E-state index contributed by atoms with van der Waals surface area (Å²) < 4.78 is 7.89. The third-order valence-corrected chi connectivity index (χ3v) is 10.8. The molecular formula is C42H60N6O4. The number of carbonyl (C=O) groups is 2. The van der Waals surface area contributed by atoms with Gasteiger partial charge in [0.2, 0.25) is 0 Å². The molecule has 3 amide bonds. The highest BCUT2D eigenvalue weighted by Crippen LogP contribution is 2.41. The second-order valence-corrected chi connectivity index (χ2v) is 17.2. The normalized spacial score (nSPS) is 21.3. The number of nitrogens with zero attached hydrogens (tertiary/aromatic N) is 6. The molecule has 0 radical (unpaired) electrons. The first-order valence-corrected chi connectivity index (χ1v) is 19.4. The number of hydrogen-bond donors (Lipinski definition) is 1. The molecule has 1 aromatic heterocycles. The Kier molecular flexibility index (Phi) is 11.7. The van der Waals surface area contributed by atoms with Crippen molar-refractivity contribution in [1.29, 1.82) is 0 Å². The van der Waals surface area contributed by atoms with E-state index < -0.39 is 29.3 Å². The smallest absolute Gasteiger partial charge is 0.410 e. The summed E-state index contributed by atoms with van der Waals surface area (Å²) in [6, 6.07) is 20.6. The van der Waals surface area contributed by atoms with E-state index in [4.69, 9.17) is 9.72 Å². The van der Waals surface area contributed by atoms with E-state index in [1.807, 2.05) is 67.0 Å². The van der Waals surface area contributed by atoms with Gasteiger partial charge in [0.1, 0.15) is 11.4 Å². The minimum absolute atomic E-state index is 0.0320. The average molecular weight is 713 g/mol. The molecule has 282 valence electrons. The van der Waals surface area contributed by atoms with E-state index in [0.717, 1.165) is 48.6 Å². The van der Waals surface area contributed by atoms with Crippen LogP contribution >= 0.6 is 0 Å². The number of piperidine rings is 2. The monoisotopic (exact) mass is 712 g/mol. The highest BCUT2D eigenvalue weighted by atomic mass is 16.6. The van der Waals surface area contributed by atoms with Crippen LogP contribution in [0.1, 0.15) is 91.1 Å². The van der Waals surface area contributed by atoms with Crippen LogP contribution in [-0.4, -0.2) is 110 Å². The van der Waals surface area contributed by atoms with Crippen molar-refractivity contribution >= 4 is 12.1 Å². The minimum Gasteiger partial charge on any atom is -0.444 e. The number of β-amino-alcohol motifs (C(OH)–C–C–N with tert-alkyl or cyclic N) is 1. The van der Waals surface area contributed by atoms with Crippen molar-refractivity contribution in [3.05, 3.63) is 78.2 Å². The van der Waals surface area contributed by atoms with Gasteiger partial charge in [-0.05, 0) is 70.5 Å². The van der Waals surface area contributed by atoms with E-state index in [1.54, 1.807) is 4.90 Å². The van der Waals surface area contributed by atoms with Crippen LogP contribution < -0.4 is 0 Å². The van der Waals surface area contributed by atoms with Gasteiger partial charge in [-0.15, -0.1) is 0 Å². The summed E-state index contributed by atoms with van der Waals surface area (Å²) in [7, 11) is 0. The SMILES string of the molecule is CC(C)(C)OC(=O)N1CC(CN(C(=O)N2CCC(N3CCCCC3)CC2)[C@@H](c2nc(-c3ccccc3)cn2Cc2ccccc2)C(C)(C)C)[C@@H](O)C1. The number of aromatic nitrogens is 2. The van der Waals surface area contributed by atoms with Crippen molar-refractivity contribution in [3.8, 4) is 11.3 Å². The molecule has 3 saturated heterocycles. The van der Waals surface area contributed by atoms with Crippen LogP contribution in [0.4, 0.5) is 9.59 Å². The van der Waals surface area contributed by atoms with Gasteiger partial charge in [0, 0.05) is 56.4 Å². The van der Waals surface area contributed by atoms with Gasteiger partial charge in [-0.1, -0.05) is 87.9 Å². The molecule has 1 N–H and O–H groups in total. The summed E-state index contributed by atoms with van der Waals surface area (Å²) in [5.41, 5.74) is 1.94. The maximum atomic E-state index is 15.1. The Morgan fingerprint density at radius 3 is 2.12 bits per heavy atom. The fourth-order valence-corrected chi connectivity index (χ4v) is 8.24. The highest BCUT2D eigenvalue weighted by molar-refractivity contribution is 5.75. The lowest BCUT2D eigenvalue weighted by atomic mass is 9.84. The molecule has 6 rings (SSSR count). The van der Waals surface area contributed by atoms with E-state index in [9.17, 15) is 9.90 Å². The lowest BCUT2D eigenvalue weighted by molar-refractivity contribution is 0.0269. The summed E-state index contributed by atoms with van der Waals surface area (Å²) in [4.78, 5) is 41.8. The summed E-state index contributed by atoms with van der Waals surface area (Å²) in [6.45, 7) is 17.1. The van der Waals surface area contributed by atoms with Crippen molar-refractivity contribution < 1.29 is 19.4 Å². The fourth-order valence-electron chi connectivity index (χ4n) is 8.24. The summed E-state index contributed by atoms with van der Waals surface area (Å²) in [5.74, 6) is 0.460. The topological polar surface area (TPSA) is 94.4 Å². The number of aliphatic hydroxyl groups is 1. The predicted molar refractivity (Wildman–Crippen MR) is 205 cm³/mol. The van der Waals surface area contributed by atoms with Crippen LogP contribution in [-0.2, 0) is 11.3 Å². The average Bonchev–Trinajstić information content (AvgIpc) is 3.70. The molecule has 52 heavy (non-hydrogen) atoms. The lowest BCUT2D eigenvalue weighted by Crippen LogP contribution is -2.55. The third kappa shape index (κ3) is 9.18. The Bertz CT molecular complexity index is 1620. The largest absolute Gasteiger partial charge is 0.444 e. The zero-order chi connectivity index (χ0) is 37.0. The van der Waals surface area contributed by atoms with Gasteiger partial charge in [-0.3, -0.25) is 0 Å². The molecule has 1 unspecified atom stereocenters. The highest BCUT2D eigenvalue weighted by Gasteiger charge is 2.45. The van der Waals surface area contributed by atoms with E-state index in [1.165, 1.54) is 19.3 Å². The molecule has 0 bridgehead atoms. The van der Waals surface area contributed by atoms with Gasteiger partial charge in [-0.25, -0.2) is 14.6 Å². The van der Waals surface area contributed by atoms with Gasteiger partial charge in [0.05, 0.1) is 24.4 Å². The zero-order valence-corrected chi connectivity index (χ0v) is 32.2. The molecule has 0 spiro atoms. The Morgan fingerprint density at radius 1 is 0.865 bits per heavy atom. The van der Waals surface area contributed by atoms with Crippen LogP contribution in [0.15, 0.2) is 66.9 Å². The Morgan fingerprint density at radius 2 is 1.50 bits per heavy atom. The van der Waals surface area contributed by atoms with E-state index in [-0.39, 0.29) is 25.0 Å².